The maximum absolute atomic E-state index is 12.0. The maximum Gasteiger partial charge on any atom is 0.276 e. The molecule has 0 unspecified atom stereocenters. The van der Waals surface area contributed by atoms with E-state index in [1.807, 2.05) is 28.7 Å². The number of anilines is 1. The van der Waals surface area contributed by atoms with Crippen LogP contribution in [0.3, 0.4) is 0 Å². The summed E-state index contributed by atoms with van der Waals surface area (Å²) in [6.45, 7) is 0. The van der Waals surface area contributed by atoms with Crippen molar-refractivity contribution in [2.45, 2.75) is 0 Å². The van der Waals surface area contributed by atoms with Gasteiger partial charge in [-0.3, -0.25) is 4.79 Å². The van der Waals surface area contributed by atoms with Gasteiger partial charge in [-0.15, -0.1) is 5.10 Å². The Labute approximate surface area is 162 Å². The van der Waals surface area contributed by atoms with Crippen LogP contribution in [-0.4, -0.2) is 22.9 Å². The minimum atomic E-state index is -0.303. The molecule has 3 rings (SSSR count). The second-order valence-corrected chi connectivity index (χ2v) is 7.66. The van der Waals surface area contributed by atoms with E-state index in [0.29, 0.717) is 20.4 Å². The number of phenols is 1. The van der Waals surface area contributed by atoms with Gasteiger partial charge in [0.1, 0.15) is 5.75 Å². The zero-order valence-electron chi connectivity index (χ0n) is 11.3. The van der Waals surface area contributed by atoms with E-state index in [2.05, 4.69) is 47.4 Å². The van der Waals surface area contributed by atoms with Crippen molar-refractivity contribution in [1.29, 1.82) is 0 Å². The standard InChI is InChI=1S/C15H8Br2IN3O2/c16-8-1-2-12-10(4-8)13(15(23)20-12)21-19-6-7-3-9(17)5-11(18)14(7)22/h1-6,22H,(H,20,21,23)/b19-6+. The quantitative estimate of drug-likeness (QED) is 0.334. The average molecular weight is 549 g/mol. The molecule has 1 amide bonds. The number of benzene rings is 2. The van der Waals surface area contributed by atoms with Crippen molar-refractivity contribution in [3.63, 3.8) is 0 Å². The molecule has 0 aromatic heterocycles. The van der Waals surface area contributed by atoms with Crippen LogP contribution in [0, 0.1) is 3.57 Å². The summed E-state index contributed by atoms with van der Waals surface area (Å²) in [5.41, 5.74) is 2.14. The summed E-state index contributed by atoms with van der Waals surface area (Å²) in [7, 11) is 0. The lowest BCUT2D eigenvalue weighted by molar-refractivity contribution is -0.110. The summed E-state index contributed by atoms with van der Waals surface area (Å²) in [6.07, 6.45) is 1.42. The predicted octanol–water partition coefficient (Wildman–Crippen LogP) is 4.30. The monoisotopic (exact) mass is 547 g/mol. The van der Waals surface area contributed by atoms with E-state index in [1.54, 1.807) is 24.3 Å². The lowest BCUT2D eigenvalue weighted by atomic mass is 10.1. The van der Waals surface area contributed by atoms with E-state index >= 15 is 0 Å². The van der Waals surface area contributed by atoms with Crippen molar-refractivity contribution < 1.29 is 9.90 Å². The number of nitrogens with one attached hydrogen (secondary N) is 1. The average Bonchev–Trinajstić information content (AvgIpc) is 2.79. The van der Waals surface area contributed by atoms with Crippen molar-refractivity contribution in [2.24, 2.45) is 10.2 Å². The first kappa shape index (κ1) is 16.6. The molecule has 0 fully saturated rings. The van der Waals surface area contributed by atoms with Crippen LogP contribution < -0.4 is 5.32 Å². The summed E-state index contributed by atoms with van der Waals surface area (Å²) in [5.74, 6) is -0.180. The molecule has 2 aromatic rings. The minimum Gasteiger partial charge on any atom is -0.506 e. The van der Waals surface area contributed by atoms with Gasteiger partial charge >= 0.3 is 0 Å². The number of aromatic hydroxyl groups is 1. The third kappa shape index (κ3) is 3.48. The van der Waals surface area contributed by atoms with E-state index in [9.17, 15) is 9.90 Å². The Kier molecular flexibility index (Phi) is 4.83. The summed E-state index contributed by atoms with van der Waals surface area (Å²) >= 11 is 8.76. The number of carbonyl (C=O) groups excluding carboxylic acids is 1. The summed E-state index contributed by atoms with van der Waals surface area (Å²) < 4.78 is 2.37. The van der Waals surface area contributed by atoms with Gasteiger partial charge in [0.25, 0.3) is 5.91 Å². The Bertz CT molecular complexity index is 881. The Hall–Kier alpha value is -1.26. The van der Waals surface area contributed by atoms with Crippen molar-refractivity contribution in [1.82, 2.24) is 0 Å². The molecule has 23 heavy (non-hydrogen) atoms. The van der Waals surface area contributed by atoms with Crippen molar-refractivity contribution in [3.8, 4) is 5.75 Å². The van der Waals surface area contributed by atoms with Gasteiger partial charge in [0.15, 0.2) is 5.71 Å². The molecule has 1 aliphatic rings. The smallest absolute Gasteiger partial charge is 0.276 e. The molecule has 0 atom stereocenters. The number of amides is 1. The Morgan fingerprint density at radius 2 is 1.96 bits per heavy atom. The molecule has 1 heterocycles. The Balaban J connectivity index is 1.95. The summed E-state index contributed by atoms with van der Waals surface area (Å²) in [4.78, 5) is 12.0. The third-order valence-corrected chi connectivity index (χ3v) is 4.89. The van der Waals surface area contributed by atoms with Gasteiger partial charge in [-0.25, -0.2) is 0 Å². The number of halogens is 3. The van der Waals surface area contributed by atoms with Gasteiger partial charge in [0.2, 0.25) is 0 Å². The number of hydrogen-bond donors (Lipinski definition) is 2. The van der Waals surface area contributed by atoms with Crippen molar-refractivity contribution in [2.75, 3.05) is 5.32 Å². The highest BCUT2D eigenvalue weighted by Crippen LogP contribution is 2.28. The van der Waals surface area contributed by atoms with Gasteiger partial charge in [-0.1, -0.05) is 31.9 Å². The molecule has 0 bridgehead atoms. The highest BCUT2D eigenvalue weighted by atomic mass is 127. The highest BCUT2D eigenvalue weighted by molar-refractivity contribution is 14.1. The Morgan fingerprint density at radius 1 is 1.17 bits per heavy atom. The number of fused-ring (bicyclic) bond motifs is 1. The molecule has 0 saturated carbocycles. The lowest BCUT2D eigenvalue weighted by Gasteiger charge is -2.02. The lowest BCUT2D eigenvalue weighted by Crippen LogP contribution is -2.13. The van der Waals surface area contributed by atoms with Crippen LogP contribution in [0.1, 0.15) is 11.1 Å². The van der Waals surface area contributed by atoms with E-state index in [0.717, 1.165) is 8.95 Å². The van der Waals surface area contributed by atoms with E-state index in [4.69, 9.17) is 0 Å². The van der Waals surface area contributed by atoms with Crippen LogP contribution in [0.5, 0.6) is 5.75 Å². The topological polar surface area (TPSA) is 74.0 Å². The largest absolute Gasteiger partial charge is 0.506 e. The minimum absolute atomic E-state index is 0.122. The molecule has 2 N–H and O–H groups in total. The van der Waals surface area contributed by atoms with Crippen LogP contribution in [0.4, 0.5) is 5.69 Å². The third-order valence-electron chi connectivity index (χ3n) is 3.11. The van der Waals surface area contributed by atoms with Gasteiger partial charge < -0.3 is 10.4 Å². The van der Waals surface area contributed by atoms with Crippen LogP contribution in [-0.2, 0) is 4.79 Å². The number of carbonyl (C=O) groups is 1. The van der Waals surface area contributed by atoms with Gasteiger partial charge in [-0.2, -0.15) is 5.10 Å². The van der Waals surface area contributed by atoms with Crippen LogP contribution in [0.15, 0.2) is 49.5 Å². The second-order valence-electron chi connectivity index (χ2n) is 4.66. The molecular formula is C15H8Br2IN3O2. The van der Waals surface area contributed by atoms with Crippen LogP contribution in [0.2, 0.25) is 0 Å². The number of phenolic OH excluding ortho intramolecular Hbond substituents is 1. The molecule has 1 aliphatic heterocycles. The Morgan fingerprint density at radius 3 is 2.74 bits per heavy atom. The summed E-state index contributed by atoms with van der Waals surface area (Å²) in [5, 5.41) is 20.7. The van der Waals surface area contributed by atoms with Gasteiger partial charge in [-0.05, 0) is 52.9 Å². The van der Waals surface area contributed by atoms with Crippen LogP contribution in [0.25, 0.3) is 0 Å². The molecule has 0 radical (unpaired) electrons. The first-order valence-corrected chi connectivity index (χ1v) is 9.02. The van der Waals surface area contributed by atoms with Crippen molar-refractivity contribution >= 4 is 78.0 Å². The molecule has 0 spiro atoms. The fraction of sp³-hybridized carbons (Fsp3) is 0. The zero-order chi connectivity index (χ0) is 16.6. The number of hydrogen-bond acceptors (Lipinski definition) is 4. The summed E-state index contributed by atoms with van der Waals surface area (Å²) in [6, 6.07) is 8.96. The number of rotatable bonds is 2. The molecule has 5 nitrogen and oxygen atoms in total. The zero-order valence-corrected chi connectivity index (χ0v) is 16.7. The molecule has 0 saturated heterocycles. The predicted molar refractivity (Wildman–Crippen MR) is 105 cm³/mol. The molecule has 8 heteroatoms. The first-order valence-electron chi connectivity index (χ1n) is 6.36. The molecule has 2 aromatic carbocycles. The van der Waals surface area contributed by atoms with E-state index in [-0.39, 0.29) is 17.4 Å². The second kappa shape index (κ2) is 6.70. The van der Waals surface area contributed by atoms with Gasteiger partial charge in [0, 0.05) is 20.1 Å². The number of nitrogens with zero attached hydrogens (tertiary/aromatic N) is 2. The molecule has 116 valence electrons. The van der Waals surface area contributed by atoms with E-state index in [1.165, 1.54) is 6.21 Å². The molecule has 0 aliphatic carbocycles. The fourth-order valence-electron chi connectivity index (χ4n) is 2.06. The van der Waals surface area contributed by atoms with Crippen molar-refractivity contribution in [3.05, 3.63) is 54.0 Å². The fourth-order valence-corrected chi connectivity index (χ4v) is 3.97. The highest BCUT2D eigenvalue weighted by Gasteiger charge is 2.26. The van der Waals surface area contributed by atoms with E-state index < -0.39 is 0 Å². The van der Waals surface area contributed by atoms with Crippen LogP contribution >= 0.6 is 54.5 Å². The first-order chi connectivity index (χ1) is 11.0. The maximum atomic E-state index is 12.0. The SMILES string of the molecule is O=C1Nc2ccc(Br)cc2/C1=N/N=C/c1cc(Br)cc(I)c1O. The molecular weight excluding hydrogens is 541 g/mol. The normalized spacial score (nSPS) is 15.3. The van der Waals surface area contributed by atoms with Gasteiger partial charge in [0.05, 0.1) is 15.5 Å².